The summed E-state index contributed by atoms with van der Waals surface area (Å²) in [5.41, 5.74) is 0.423. The molecule has 1 unspecified atom stereocenters. The number of hydrogen-bond acceptors (Lipinski definition) is 2. The molecule has 0 bridgehead atoms. The van der Waals surface area contributed by atoms with Crippen molar-refractivity contribution in [3.63, 3.8) is 0 Å². The SMILES string of the molecule is CC(O)CN(C)C(=O)NC1CCC(C)(C)CC1. The van der Waals surface area contributed by atoms with Crippen molar-refractivity contribution in [1.82, 2.24) is 10.2 Å². The molecule has 100 valence electrons. The fourth-order valence-electron chi connectivity index (χ4n) is 2.31. The average Bonchev–Trinajstić information content (AvgIpc) is 2.20. The van der Waals surface area contributed by atoms with Gasteiger partial charge in [0.05, 0.1) is 6.10 Å². The first-order chi connectivity index (χ1) is 7.80. The largest absolute Gasteiger partial charge is 0.392 e. The number of hydrogen-bond donors (Lipinski definition) is 2. The standard InChI is InChI=1S/C13H26N2O2/c1-10(16)9-15(4)12(17)14-11-5-7-13(2,3)8-6-11/h10-11,16H,5-9H2,1-4H3,(H,14,17). The van der Waals surface area contributed by atoms with Crippen molar-refractivity contribution in [1.29, 1.82) is 0 Å². The molecule has 0 aromatic rings. The molecule has 1 rings (SSSR count). The smallest absolute Gasteiger partial charge is 0.317 e. The summed E-state index contributed by atoms with van der Waals surface area (Å²) in [6.07, 6.45) is 3.97. The average molecular weight is 242 g/mol. The molecule has 1 atom stereocenters. The molecule has 1 aliphatic carbocycles. The molecule has 0 aliphatic heterocycles. The summed E-state index contributed by atoms with van der Waals surface area (Å²) in [7, 11) is 1.72. The maximum atomic E-state index is 11.8. The molecule has 17 heavy (non-hydrogen) atoms. The molecule has 4 nitrogen and oxygen atoms in total. The predicted octanol–water partition coefficient (Wildman–Crippen LogP) is 1.98. The third-order valence-corrected chi connectivity index (χ3v) is 3.55. The third kappa shape index (κ3) is 4.94. The van der Waals surface area contributed by atoms with Gasteiger partial charge >= 0.3 is 6.03 Å². The zero-order chi connectivity index (χ0) is 13.1. The first-order valence-corrected chi connectivity index (χ1v) is 6.50. The number of nitrogens with one attached hydrogen (secondary N) is 1. The Hall–Kier alpha value is -0.770. The number of likely N-dealkylation sites (N-methyl/N-ethyl adjacent to an activating group) is 1. The van der Waals surface area contributed by atoms with Crippen LogP contribution >= 0.6 is 0 Å². The van der Waals surface area contributed by atoms with Gasteiger partial charge in [0.25, 0.3) is 0 Å². The van der Waals surface area contributed by atoms with Gasteiger partial charge in [-0.3, -0.25) is 0 Å². The minimum Gasteiger partial charge on any atom is -0.392 e. The van der Waals surface area contributed by atoms with Gasteiger partial charge in [-0.1, -0.05) is 13.8 Å². The van der Waals surface area contributed by atoms with Gasteiger partial charge in [0.1, 0.15) is 0 Å². The number of carbonyl (C=O) groups excluding carboxylic acids is 1. The Morgan fingerprint density at radius 2 is 2.00 bits per heavy atom. The highest BCUT2D eigenvalue weighted by molar-refractivity contribution is 5.74. The number of amides is 2. The molecule has 0 saturated heterocycles. The number of urea groups is 1. The van der Waals surface area contributed by atoms with Crippen molar-refractivity contribution in [3.8, 4) is 0 Å². The Morgan fingerprint density at radius 3 is 2.47 bits per heavy atom. The molecule has 1 aliphatic rings. The number of aliphatic hydroxyl groups excluding tert-OH is 1. The van der Waals surface area contributed by atoms with Crippen molar-refractivity contribution in [2.75, 3.05) is 13.6 Å². The fourth-order valence-corrected chi connectivity index (χ4v) is 2.31. The van der Waals surface area contributed by atoms with Gasteiger partial charge in [0.15, 0.2) is 0 Å². The normalized spacial score (nSPS) is 21.9. The zero-order valence-corrected chi connectivity index (χ0v) is 11.5. The molecule has 1 saturated carbocycles. The van der Waals surface area contributed by atoms with E-state index in [1.54, 1.807) is 18.9 Å². The van der Waals surface area contributed by atoms with E-state index in [9.17, 15) is 9.90 Å². The summed E-state index contributed by atoms with van der Waals surface area (Å²) in [4.78, 5) is 13.4. The summed E-state index contributed by atoms with van der Waals surface area (Å²) in [5, 5.41) is 12.3. The second kappa shape index (κ2) is 5.71. The van der Waals surface area contributed by atoms with E-state index in [4.69, 9.17) is 0 Å². The van der Waals surface area contributed by atoms with Crippen LogP contribution in [0.4, 0.5) is 4.79 Å². The maximum Gasteiger partial charge on any atom is 0.317 e. The van der Waals surface area contributed by atoms with Gasteiger partial charge in [-0.25, -0.2) is 4.79 Å². The van der Waals surface area contributed by atoms with Gasteiger partial charge in [-0.2, -0.15) is 0 Å². The van der Waals surface area contributed by atoms with E-state index in [1.165, 1.54) is 0 Å². The van der Waals surface area contributed by atoms with Crippen molar-refractivity contribution in [2.45, 2.75) is 58.6 Å². The monoisotopic (exact) mass is 242 g/mol. The van der Waals surface area contributed by atoms with Crippen LogP contribution in [-0.2, 0) is 0 Å². The highest BCUT2D eigenvalue weighted by Crippen LogP contribution is 2.34. The quantitative estimate of drug-likeness (QED) is 0.795. The van der Waals surface area contributed by atoms with Crippen LogP contribution in [0.15, 0.2) is 0 Å². The summed E-state index contributed by atoms with van der Waals surface area (Å²) in [6, 6.07) is 0.225. The van der Waals surface area contributed by atoms with E-state index in [-0.39, 0.29) is 6.03 Å². The number of nitrogens with zero attached hydrogens (tertiary/aromatic N) is 1. The van der Waals surface area contributed by atoms with Crippen molar-refractivity contribution in [2.24, 2.45) is 5.41 Å². The lowest BCUT2D eigenvalue weighted by atomic mass is 9.76. The van der Waals surface area contributed by atoms with E-state index < -0.39 is 6.10 Å². The Balaban J connectivity index is 2.32. The van der Waals surface area contributed by atoms with Gasteiger partial charge in [-0.15, -0.1) is 0 Å². The Labute approximate surface area is 104 Å². The van der Waals surface area contributed by atoms with Crippen molar-refractivity contribution in [3.05, 3.63) is 0 Å². The predicted molar refractivity (Wildman–Crippen MR) is 68.9 cm³/mol. The Bertz CT molecular complexity index is 254. The van der Waals surface area contributed by atoms with E-state index in [2.05, 4.69) is 19.2 Å². The van der Waals surface area contributed by atoms with Gasteiger partial charge in [-0.05, 0) is 38.0 Å². The molecular weight excluding hydrogens is 216 g/mol. The molecule has 0 aromatic heterocycles. The summed E-state index contributed by atoms with van der Waals surface area (Å²) in [5.74, 6) is 0. The number of carbonyl (C=O) groups is 1. The third-order valence-electron chi connectivity index (χ3n) is 3.55. The van der Waals surface area contributed by atoms with Crippen LogP contribution in [-0.4, -0.2) is 41.8 Å². The molecule has 2 N–H and O–H groups in total. The van der Waals surface area contributed by atoms with Crippen molar-refractivity contribution < 1.29 is 9.90 Å². The molecule has 2 amide bonds. The molecule has 0 heterocycles. The molecule has 0 radical (unpaired) electrons. The highest BCUT2D eigenvalue weighted by Gasteiger charge is 2.28. The Kier molecular flexibility index (Phi) is 4.80. The Morgan fingerprint density at radius 1 is 1.47 bits per heavy atom. The summed E-state index contributed by atoms with van der Waals surface area (Å²) < 4.78 is 0. The van der Waals surface area contributed by atoms with E-state index in [1.807, 2.05) is 0 Å². The lowest BCUT2D eigenvalue weighted by Gasteiger charge is -2.35. The van der Waals surface area contributed by atoms with Crippen LogP contribution in [0, 0.1) is 5.41 Å². The molecule has 0 aromatic carbocycles. The minimum absolute atomic E-state index is 0.0735. The highest BCUT2D eigenvalue weighted by atomic mass is 16.3. The van der Waals surface area contributed by atoms with E-state index in [0.29, 0.717) is 18.0 Å². The van der Waals surface area contributed by atoms with Gasteiger partial charge < -0.3 is 15.3 Å². The molecule has 0 spiro atoms. The number of rotatable bonds is 3. The van der Waals surface area contributed by atoms with Crippen LogP contribution in [0.1, 0.15) is 46.5 Å². The van der Waals surface area contributed by atoms with E-state index in [0.717, 1.165) is 25.7 Å². The zero-order valence-electron chi connectivity index (χ0n) is 11.5. The minimum atomic E-state index is -0.476. The fraction of sp³-hybridized carbons (Fsp3) is 0.923. The van der Waals surface area contributed by atoms with Crippen molar-refractivity contribution >= 4 is 6.03 Å². The second-order valence-electron chi connectivity index (χ2n) is 6.12. The summed E-state index contributed by atoms with van der Waals surface area (Å²) in [6.45, 7) is 6.63. The van der Waals surface area contributed by atoms with Crippen LogP contribution in [0.3, 0.4) is 0 Å². The second-order valence-corrected chi connectivity index (χ2v) is 6.12. The lowest BCUT2D eigenvalue weighted by molar-refractivity contribution is 0.138. The topological polar surface area (TPSA) is 52.6 Å². The van der Waals surface area contributed by atoms with Crippen LogP contribution in [0.2, 0.25) is 0 Å². The van der Waals surface area contributed by atoms with Crippen LogP contribution in [0.5, 0.6) is 0 Å². The van der Waals surface area contributed by atoms with Gasteiger partial charge in [0.2, 0.25) is 0 Å². The first-order valence-electron chi connectivity index (χ1n) is 6.50. The molecule has 4 heteroatoms. The lowest BCUT2D eigenvalue weighted by Crippen LogP contribution is -2.46. The van der Waals surface area contributed by atoms with E-state index >= 15 is 0 Å². The van der Waals surface area contributed by atoms with Crippen LogP contribution in [0.25, 0.3) is 0 Å². The van der Waals surface area contributed by atoms with Gasteiger partial charge in [0, 0.05) is 19.6 Å². The summed E-state index contributed by atoms with van der Waals surface area (Å²) >= 11 is 0. The molecular formula is C13H26N2O2. The number of aliphatic hydroxyl groups is 1. The maximum absolute atomic E-state index is 11.8. The first kappa shape index (κ1) is 14.3. The molecule has 1 fully saturated rings. The van der Waals surface area contributed by atoms with Crippen LogP contribution < -0.4 is 5.32 Å².